The Labute approximate surface area is 176 Å². The van der Waals surface area contributed by atoms with Crippen molar-refractivity contribution in [2.24, 2.45) is 0 Å². The molecule has 2 atom stereocenters. The topological polar surface area (TPSA) is 93.6 Å². The van der Waals surface area contributed by atoms with E-state index in [0.29, 0.717) is 50.8 Å². The molecule has 9 heteroatoms. The molecule has 1 aromatic carbocycles. The van der Waals surface area contributed by atoms with Crippen molar-refractivity contribution in [3.63, 3.8) is 0 Å². The third-order valence-corrected chi connectivity index (χ3v) is 6.42. The molecule has 3 aromatic rings. The summed E-state index contributed by atoms with van der Waals surface area (Å²) in [4.78, 5) is 21.7. The predicted molar refractivity (Wildman–Crippen MR) is 112 cm³/mol. The summed E-state index contributed by atoms with van der Waals surface area (Å²) >= 11 is 1.23. The Balaban J connectivity index is 1.70. The largest absolute Gasteiger partial charge is 0.485 e. The number of ether oxygens (including phenoxy) is 2. The monoisotopic (exact) mass is 431 g/mol. The van der Waals surface area contributed by atoms with Gasteiger partial charge in [-0.25, -0.2) is 19.2 Å². The molecule has 30 heavy (non-hydrogen) atoms. The van der Waals surface area contributed by atoms with Crippen LogP contribution in [0.4, 0.5) is 15.9 Å². The van der Waals surface area contributed by atoms with E-state index in [4.69, 9.17) is 9.47 Å². The highest BCUT2D eigenvalue weighted by molar-refractivity contribution is 7.20. The molecule has 0 saturated heterocycles. The normalized spacial score (nSPS) is 18.9. The third-order valence-electron chi connectivity index (χ3n) is 5.24. The number of nitrogens with zero attached hydrogens (tertiary/aromatic N) is 2. The standard InChI is InChI=1S/C21H22FN3O4S/c1-11-17-19(23-10-24-20(17)30-18(11)21(27)28-2)25-13-8-7-12(22)9-16(13)29-15-6-4-3-5-14(15)26/h7-10,14-15,26H,3-6H2,1-2H3,(H,23,24,25)/t14-,15+/m1/s1. The summed E-state index contributed by atoms with van der Waals surface area (Å²) < 4.78 is 24.8. The van der Waals surface area contributed by atoms with Crippen molar-refractivity contribution in [2.75, 3.05) is 12.4 Å². The van der Waals surface area contributed by atoms with Crippen LogP contribution in [0, 0.1) is 12.7 Å². The summed E-state index contributed by atoms with van der Waals surface area (Å²) in [6.07, 6.45) is 3.71. The average molecular weight is 431 g/mol. The second kappa shape index (κ2) is 8.53. The Bertz CT molecular complexity index is 1090. The maximum absolute atomic E-state index is 13.9. The van der Waals surface area contributed by atoms with E-state index in [2.05, 4.69) is 15.3 Å². The number of aliphatic hydroxyl groups excluding tert-OH is 1. The molecule has 1 aliphatic rings. The summed E-state index contributed by atoms with van der Waals surface area (Å²) in [5.74, 6) is -0.0924. The summed E-state index contributed by atoms with van der Waals surface area (Å²) in [5.41, 5.74) is 1.22. The molecule has 0 amide bonds. The van der Waals surface area contributed by atoms with E-state index >= 15 is 0 Å². The van der Waals surface area contributed by atoms with Crippen molar-refractivity contribution >= 4 is 39.0 Å². The quantitative estimate of drug-likeness (QED) is 0.580. The molecule has 0 bridgehead atoms. The first-order valence-corrected chi connectivity index (χ1v) is 10.5. The van der Waals surface area contributed by atoms with Crippen molar-refractivity contribution in [2.45, 2.75) is 44.8 Å². The third kappa shape index (κ3) is 3.95. The van der Waals surface area contributed by atoms with Crippen LogP contribution in [-0.2, 0) is 4.74 Å². The molecule has 2 heterocycles. The Hall–Kier alpha value is -2.78. The second-order valence-corrected chi connectivity index (χ2v) is 8.22. The van der Waals surface area contributed by atoms with Gasteiger partial charge in [0.2, 0.25) is 0 Å². The van der Waals surface area contributed by atoms with Gasteiger partial charge in [0.1, 0.15) is 39.5 Å². The fourth-order valence-electron chi connectivity index (χ4n) is 3.66. The fraction of sp³-hybridized carbons (Fsp3) is 0.381. The maximum atomic E-state index is 13.9. The lowest BCUT2D eigenvalue weighted by atomic mass is 9.95. The highest BCUT2D eigenvalue weighted by Gasteiger charge is 2.26. The number of hydrogen-bond donors (Lipinski definition) is 2. The van der Waals surface area contributed by atoms with Crippen molar-refractivity contribution in [1.29, 1.82) is 0 Å². The number of carbonyl (C=O) groups is 1. The number of esters is 1. The van der Waals surface area contributed by atoms with Crippen LogP contribution >= 0.6 is 11.3 Å². The zero-order chi connectivity index (χ0) is 21.3. The molecule has 0 radical (unpaired) electrons. The molecular weight excluding hydrogens is 409 g/mol. The maximum Gasteiger partial charge on any atom is 0.348 e. The van der Waals surface area contributed by atoms with Gasteiger partial charge in [0.25, 0.3) is 0 Å². The number of methoxy groups -OCH3 is 1. The predicted octanol–water partition coefficient (Wildman–Crippen LogP) is 4.35. The van der Waals surface area contributed by atoms with Crippen LogP contribution in [0.1, 0.15) is 40.9 Å². The number of nitrogens with one attached hydrogen (secondary N) is 1. The molecule has 0 aliphatic heterocycles. The minimum absolute atomic E-state index is 0.300. The summed E-state index contributed by atoms with van der Waals surface area (Å²) in [6, 6.07) is 4.18. The van der Waals surface area contributed by atoms with Crippen molar-refractivity contribution in [1.82, 2.24) is 9.97 Å². The molecule has 0 spiro atoms. The Morgan fingerprint density at radius 3 is 2.87 bits per heavy atom. The number of fused-ring (bicyclic) bond motifs is 1. The van der Waals surface area contributed by atoms with Crippen LogP contribution < -0.4 is 10.1 Å². The van der Waals surface area contributed by atoms with Crippen LogP contribution in [0.5, 0.6) is 5.75 Å². The molecular formula is C21H22FN3O4S. The molecule has 1 fully saturated rings. The van der Waals surface area contributed by atoms with Crippen LogP contribution in [-0.4, -0.2) is 40.4 Å². The molecule has 4 rings (SSSR count). The first kappa shape index (κ1) is 20.5. The van der Waals surface area contributed by atoms with Gasteiger partial charge in [-0.1, -0.05) is 6.42 Å². The smallest absolute Gasteiger partial charge is 0.348 e. The number of aryl methyl sites for hydroxylation is 1. The fourth-order valence-corrected chi connectivity index (χ4v) is 4.72. The highest BCUT2D eigenvalue weighted by atomic mass is 32.1. The number of thiophene rings is 1. The van der Waals surface area contributed by atoms with Gasteiger partial charge >= 0.3 is 5.97 Å². The lowest BCUT2D eigenvalue weighted by molar-refractivity contribution is 0.00712. The number of carbonyl (C=O) groups excluding carboxylic acids is 1. The number of benzene rings is 1. The summed E-state index contributed by atoms with van der Waals surface area (Å²) in [6.45, 7) is 1.81. The van der Waals surface area contributed by atoms with Gasteiger partial charge in [0.05, 0.1) is 24.3 Å². The van der Waals surface area contributed by atoms with Crippen LogP contribution in [0.2, 0.25) is 0 Å². The molecule has 1 aliphatic carbocycles. The number of aliphatic hydroxyl groups is 1. The number of hydrogen-bond acceptors (Lipinski definition) is 8. The number of anilines is 2. The minimum Gasteiger partial charge on any atom is -0.485 e. The molecule has 158 valence electrons. The first-order chi connectivity index (χ1) is 14.5. The van der Waals surface area contributed by atoms with E-state index < -0.39 is 17.9 Å². The Morgan fingerprint density at radius 2 is 2.10 bits per heavy atom. The number of halogens is 1. The summed E-state index contributed by atoms with van der Waals surface area (Å²) in [5, 5.41) is 14.1. The van der Waals surface area contributed by atoms with Crippen LogP contribution in [0.3, 0.4) is 0 Å². The van der Waals surface area contributed by atoms with E-state index in [1.165, 1.54) is 36.9 Å². The molecule has 2 aromatic heterocycles. The van der Waals surface area contributed by atoms with Crippen LogP contribution in [0.15, 0.2) is 24.5 Å². The SMILES string of the molecule is COC(=O)c1sc2ncnc(Nc3ccc(F)cc3O[C@H]3CCCC[C@H]3O)c2c1C. The van der Waals surface area contributed by atoms with Gasteiger partial charge in [0.15, 0.2) is 0 Å². The zero-order valence-electron chi connectivity index (χ0n) is 16.6. The van der Waals surface area contributed by atoms with Gasteiger partial charge in [0, 0.05) is 6.07 Å². The average Bonchev–Trinajstić information content (AvgIpc) is 3.08. The van der Waals surface area contributed by atoms with Gasteiger partial charge in [-0.2, -0.15) is 0 Å². The van der Waals surface area contributed by atoms with Gasteiger partial charge in [-0.05, 0) is 43.9 Å². The lowest BCUT2D eigenvalue weighted by Crippen LogP contribution is -2.34. The number of rotatable bonds is 5. The van der Waals surface area contributed by atoms with Crippen molar-refractivity contribution in [3.8, 4) is 5.75 Å². The first-order valence-electron chi connectivity index (χ1n) is 9.71. The van der Waals surface area contributed by atoms with E-state index in [-0.39, 0.29) is 6.10 Å². The molecule has 2 N–H and O–H groups in total. The van der Waals surface area contributed by atoms with E-state index in [9.17, 15) is 14.3 Å². The molecule has 1 saturated carbocycles. The van der Waals surface area contributed by atoms with E-state index in [0.717, 1.165) is 12.8 Å². The van der Waals surface area contributed by atoms with Gasteiger partial charge in [-0.3, -0.25) is 0 Å². The Morgan fingerprint density at radius 1 is 1.30 bits per heavy atom. The van der Waals surface area contributed by atoms with Gasteiger partial charge < -0.3 is 19.9 Å². The molecule has 7 nitrogen and oxygen atoms in total. The number of aromatic nitrogens is 2. The van der Waals surface area contributed by atoms with E-state index in [1.807, 2.05) is 0 Å². The highest BCUT2D eigenvalue weighted by Crippen LogP contribution is 2.37. The van der Waals surface area contributed by atoms with E-state index in [1.54, 1.807) is 13.0 Å². The second-order valence-electron chi connectivity index (χ2n) is 7.22. The Kier molecular flexibility index (Phi) is 5.83. The minimum atomic E-state index is -0.581. The van der Waals surface area contributed by atoms with Gasteiger partial charge in [-0.15, -0.1) is 11.3 Å². The molecule has 0 unspecified atom stereocenters. The van der Waals surface area contributed by atoms with Crippen molar-refractivity contribution in [3.05, 3.63) is 40.8 Å². The summed E-state index contributed by atoms with van der Waals surface area (Å²) in [7, 11) is 1.33. The van der Waals surface area contributed by atoms with Crippen molar-refractivity contribution < 1.29 is 23.8 Å². The zero-order valence-corrected chi connectivity index (χ0v) is 17.5. The lowest BCUT2D eigenvalue weighted by Gasteiger charge is -2.29. The van der Waals surface area contributed by atoms with Crippen LogP contribution in [0.25, 0.3) is 10.2 Å².